The molecule has 1 amide bonds. The Hall–Kier alpha value is -4.14. The van der Waals surface area contributed by atoms with Crippen LogP contribution in [0.1, 0.15) is 139 Å². The van der Waals surface area contributed by atoms with Crippen molar-refractivity contribution < 1.29 is 14.3 Å². The molecule has 0 unspecified atom stereocenters. The number of ether oxygens (including phenoxy) is 2. The molecule has 1 aliphatic rings. The van der Waals surface area contributed by atoms with E-state index in [1.807, 2.05) is 32.6 Å². The van der Waals surface area contributed by atoms with E-state index in [9.17, 15) is 4.79 Å². The van der Waals surface area contributed by atoms with E-state index in [1.165, 1.54) is 16.7 Å². The number of benzene rings is 2. The molecule has 1 atom stereocenters. The maximum atomic E-state index is 14.5. The molecule has 9 nitrogen and oxygen atoms in total. The zero-order valence-corrected chi connectivity index (χ0v) is 38.0. The number of carbonyl (C=O) groups excluding carboxylic acids is 1. The second-order valence-corrected chi connectivity index (χ2v) is 19.6. The molecule has 4 aromatic rings. The molecule has 1 fully saturated rings. The van der Waals surface area contributed by atoms with E-state index in [4.69, 9.17) is 30.3 Å². The summed E-state index contributed by atoms with van der Waals surface area (Å²) in [5, 5.41) is 6.32. The van der Waals surface area contributed by atoms with E-state index >= 15 is 0 Å². The second kappa shape index (κ2) is 12.7. The average Bonchev–Trinajstić information content (AvgIpc) is 3.42. The number of nitrogens with zero attached hydrogens (tertiary/aromatic N) is 5. The summed E-state index contributed by atoms with van der Waals surface area (Å²) >= 11 is 0. The summed E-state index contributed by atoms with van der Waals surface area (Å²) < 4.78 is 15.2. The van der Waals surface area contributed by atoms with Crippen molar-refractivity contribution in [3.05, 3.63) is 55.9 Å². The number of anilines is 1. The zero-order chi connectivity index (χ0) is 42.1. The molecule has 300 valence electrons. The topological polar surface area (TPSA) is 108 Å². The molecule has 0 radical (unpaired) electrons. The monoisotopic (exact) mass is 753 g/mol. The molecular formula is C46H68N6O3. The summed E-state index contributed by atoms with van der Waals surface area (Å²) in [6.07, 6.45) is -0.364. The average molecular weight is 753 g/mol. The Bertz CT molecular complexity index is 2210. The first-order chi connectivity index (χ1) is 24.8. The lowest BCUT2D eigenvalue weighted by molar-refractivity contribution is -0.234. The highest BCUT2D eigenvalue weighted by molar-refractivity contribution is 6.00. The highest BCUT2D eigenvalue weighted by atomic mass is 16.6. The van der Waals surface area contributed by atoms with Gasteiger partial charge in [0.05, 0.1) is 16.5 Å². The first kappa shape index (κ1) is 42.0. The molecule has 55 heavy (non-hydrogen) atoms. The van der Waals surface area contributed by atoms with Crippen molar-refractivity contribution >= 4 is 22.9 Å². The maximum absolute atomic E-state index is 14.5. The molecule has 0 spiro atoms. The van der Waals surface area contributed by atoms with Gasteiger partial charge in [0.1, 0.15) is 34.4 Å². The van der Waals surface area contributed by atoms with Crippen LogP contribution in [0.2, 0.25) is 0 Å². The van der Waals surface area contributed by atoms with Crippen LogP contribution in [0.5, 0.6) is 11.5 Å². The van der Waals surface area contributed by atoms with Gasteiger partial charge in [0, 0.05) is 11.1 Å². The Morgan fingerprint density at radius 2 is 1.05 bits per heavy atom. The summed E-state index contributed by atoms with van der Waals surface area (Å²) in [6.45, 7) is 46.8. The van der Waals surface area contributed by atoms with Crippen LogP contribution in [-0.2, 0) is 10.3 Å². The minimum atomic E-state index is -0.856. The van der Waals surface area contributed by atoms with Gasteiger partial charge >= 0.3 is 6.09 Å². The third-order valence-corrected chi connectivity index (χ3v) is 15.2. The van der Waals surface area contributed by atoms with Gasteiger partial charge in [-0.1, -0.05) is 27.7 Å². The lowest BCUT2D eigenvalue weighted by Crippen LogP contribution is -2.82. The quantitative estimate of drug-likeness (QED) is 0.221. The first-order valence-electron chi connectivity index (χ1n) is 19.7. The van der Waals surface area contributed by atoms with Crippen molar-refractivity contribution in [3.63, 3.8) is 0 Å². The number of amides is 1. The van der Waals surface area contributed by atoms with Crippen LogP contribution in [-0.4, -0.2) is 47.4 Å². The third kappa shape index (κ3) is 5.60. The Kier molecular flexibility index (Phi) is 9.69. The fourth-order valence-electron chi connectivity index (χ4n) is 9.77. The summed E-state index contributed by atoms with van der Waals surface area (Å²) in [6, 6.07) is 0. The SMILES string of the molecule is Cc1nc(N)c2c(-c3c(C)c(C)c(Oc4c(C)c(C)c(C)c(C)c4C)c(C)c3C)nn([C@@]3(C)C(C)(C)N(C(=O)OC(C)(C)C)C(C)(C)C(C)(C)C3(C)C)c2n1. The molecule has 1 aliphatic heterocycles. The highest BCUT2D eigenvalue weighted by Gasteiger charge is 2.73. The van der Waals surface area contributed by atoms with Crippen LogP contribution in [0.3, 0.4) is 0 Å². The van der Waals surface area contributed by atoms with Gasteiger partial charge in [0.15, 0.2) is 5.65 Å². The number of nitrogens with two attached hydrogens (primary N) is 1. The molecule has 9 heteroatoms. The smallest absolute Gasteiger partial charge is 0.411 e. The summed E-state index contributed by atoms with van der Waals surface area (Å²) in [5.74, 6) is 2.69. The van der Waals surface area contributed by atoms with Gasteiger partial charge in [-0.25, -0.2) is 19.4 Å². The number of rotatable bonds is 4. The van der Waals surface area contributed by atoms with Crippen molar-refractivity contribution in [1.29, 1.82) is 0 Å². The number of hydrogen-bond donors (Lipinski definition) is 1. The molecule has 0 aliphatic carbocycles. The number of hydrogen-bond acceptors (Lipinski definition) is 7. The molecule has 0 bridgehead atoms. The normalized spacial score (nSPS) is 20.2. The number of nitrogen functional groups attached to an aromatic ring is 1. The zero-order valence-electron chi connectivity index (χ0n) is 38.0. The van der Waals surface area contributed by atoms with E-state index in [0.29, 0.717) is 28.4 Å². The molecule has 2 aromatic carbocycles. The summed E-state index contributed by atoms with van der Waals surface area (Å²) in [4.78, 5) is 26.3. The second-order valence-electron chi connectivity index (χ2n) is 19.6. The maximum Gasteiger partial charge on any atom is 0.411 e. The minimum absolute atomic E-state index is 0.364. The Morgan fingerprint density at radius 3 is 1.51 bits per heavy atom. The van der Waals surface area contributed by atoms with Crippen molar-refractivity contribution in [2.75, 3.05) is 5.73 Å². The van der Waals surface area contributed by atoms with E-state index in [-0.39, 0.29) is 6.09 Å². The number of aromatic nitrogens is 4. The third-order valence-electron chi connectivity index (χ3n) is 15.2. The van der Waals surface area contributed by atoms with Gasteiger partial charge < -0.3 is 15.2 Å². The predicted molar refractivity (Wildman–Crippen MR) is 226 cm³/mol. The predicted octanol–water partition coefficient (Wildman–Crippen LogP) is 11.5. The summed E-state index contributed by atoms with van der Waals surface area (Å²) in [7, 11) is 0. The fraction of sp³-hybridized carbons (Fsp3) is 0.609. The Labute approximate surface area is 330 Å². The van der Waals surface area contributed by atoms with Crippen LogP contribution >= 0.6 is 0 Å². The van der Waals surface area contributed by atoms with Crippen molar-refractivity contribution in [2.24, 2.45) is 10.8 Å². The molecule has 2 aromatic heterocycles. The van der Waals surface area contributed by atoms with Gasteiger partial charge in [-0.3, -0.25) is 4.90 Å². The number of carbonyl (C=O) groups is 1. The summed E-state index contributed by atoms with van der Waals surface area (Å²) in [5.41, 5.74) is 15.6. The van der Waals surface area contributed by atoms with E-state index in [1.54, 1.807) is 0 Å². The van der Waals surface area contributed by atoms with Crippen LogP contribution in [0.15, 0.2) is 0 Å². The van der Waals surface area contributed by atoms with Crippen molar-refractivity contribution in [1.82, 2.24) is 24.6 Å². The van der Waals surface area contributed by atoms with E-state index in [0.717, 1.165) is 50.4 Å². The molecule has 3 heterocycles. The van der Waals surface area contributed by atoms with Crippen LogP contribution < -0.4 is 10.5 Å². The number of aryl methyl sites for hydroxylation is 1. The minimum Gasteiger partial charge on any atom is -0.456 e. The van der Waals surface area contributed by atoms with Gasteiger partial charge in [0.2, 0.25) is 0 Å². The van der Waals surface area contributed by atoms with Gasteiger partial charge in [-0.15, -0.1) is 0 Å². The van der Waals surface area contributed by atoms with Crippen LogP contribution in [0, 0.1) is 80.1 Å². The number of piperidine rings is 1. The first-order valence-corrected chi connectivity index (χ1v) is 19.7. The molecular weight excluding hydrogens is 685 g/mol. The number of fused-ring (bicyclic) bond motifs is 1. The van der Waals surface area contributed by atoms with Crippen LogP contribution in [0.25, 0.3) is 22.3 Å². The Morgan fingerprint density at radius 1 is 0.618 bits per heavy atom. The van der Waals surface area contributed by atoms with E-state index in [2.05, 4.69) is 129 Å². The standard InChI is InChI=1S/C46H68N6O3/c1-23-24(2)28(6)36(29(7)25(23)3)54-37-30(8)26(4)33(27(5)31(37)9)35-34-38(47)48-32(10)49-39(34)52(50-35)46(22)43(16,17)42(14,15)44(18,19)51(45(46,20)21)40(53)55-41(11,12)13/h1-22H3,(H2,47,48,49)/t46-/m1/s1. The van der Waals surface area contributed by atoms with Crippen molar-refractivity contribution in [2.45, 2.75) is 175 Å². The van der Waals surface area contributed by atoms with Gasteiger partial charge in [-0.05, 0) is 186 Å². The van der Waals surface area contributed by atoms with E-state index < -0.39 is 33.0 Å². The molecule has 5 rings (SSSR count). The molecule has 0 saturated carbocycles. The van der Waals surface area contributed by atoms with Crippen molar-refractivity contribution in [3.8, 4) is 22.8 Å². The van der Waals surface area contributed by atoms with Crippen LogP contribution in [0.4, 0.5) is 10.6 Å². The molecule has 1 saturated heterocycles. The van der Waals surface area contributed by atoms with Gasteiger partial charge in [0.25, 0.3) is 0 Å². The molecule has 2 N–H and O–H groups in total. The largest absolute Gasteiger partial charge is 0.456 e. The lowest BCUT2D eigenvalue weighted by Gasteiger charge is -2.73. The fourth-order valence-corrected chi connectivity index (χ4v) is 9.77. The van der Waals surface area contributed by atoms with Gasteiger partial charge in [-0.2, -0.15) is 5.10 Å². The number of likely N-dealkylation sites (tertiary alicyclic amines) is 1. The lowest BCUT2D eigenvalue weighted by atomic mass is 9.44. The highest BCUT2D eigenvalue weighted by Crippen LogP contribution is 2.67. The Balaban J connectivity index is 1.86.